The van der Waals surface area contributed by atoms with Crippen LogP contribution in [0.3, 0.4) is 0 Å². The van der Waals surface area contributed by atoms with Crippen molar-refractivity contribution in [1.29, 1.82) is 0 Å². The molecule has 0 bridgehead atoms. The summed E-state index contributed by atoms with van der Waals surface area (Å²) in [4.78, 5) is 6.65. The lowest BCUT2D eigenvalue weighted by Gasteiger charge is -2.29. The summed E-state index contributed by atoms with van der Waals surface area (Å²) < 4.78 is 10.7. The number of morpholine rings is 1. The van der Waals surface area contributed by atoms with Crippen molar-refractivity contribution < 1.29 is 9.26 Å². The van der Waals surface area contributed by atoms with E-state index in [0.29, 0.717) is 17.9 Å². The maximum atomic E-state index is 5.48. The fourth-order valence-electron chi connectivity index (χ4n) is 1.79. The molecule has 0 amide bonds. The minimum Gasteiger partial charge on any atom is -0.376 e. The molecule has 1 aliphatic rings. The standard InChI is InChI=1S/C11H19N3O2/c1-8(2)11-12-10(16-13-11)7-14-4-5-15-9(3)6-14/h8-9H,4-7H2,1-3H3/t9-/m0/s1. The summed E-state index contributed by atoms with van der Waals surface area (Å²) in [7, 11) is 0. The first-order valence-electron chi connectivity index (χ1n) is 5.81. The van der Waals surface area contributed by atoms with Gasteiger partial charge in [0.2, 0.25) is 5.89 Å². The van der Waals surface area contributed by atoms with Crippen LogP contribution in [0, 0.1) is 0 Å². The molecule has 90 valence electrons. The Labute approximate surface area is 95.8 Å². The quantitative estimate of drug-likeness (QED) is 0.778. The Bertz CT molecular complexity index is 338. The van der Waals surface area contributed by atoms with Crippen LogP contribution >= 0.6 is 0 Å². The molecule has 1 fully saturated rings. The van der Waals surface area contributed by atoms with E-state index in [0.717, 1.165) is 32.1 Å². The van der Waals surface area contributed by atoms with E-state index in [-0.39, 0.29) is 0 Å². The number of aromatic nitrogens is 2. The number of hydrogen-bond acceptors (Lipinski definition) is 5. The summed E-state index contributed by atoms with van der Waals surface area (Å²) in [5.41, 5.74) is 0. The van der Waals surface area contributed by atoms with Gasteiger partial charge in [-0.1, -0.05) is 19.0 Å². The summed E-state index contributed by atoms with van der Waals surface area (Å²) >= 11 is 0. The van der Waals surface area contributed by atoms with Crippen LogP contribution in [0.1, 0.15) is 38.4 Å². The molecule has 2 heterocycles. The Morgan fingerprint density at radius 1 is 1.50 bits per heavy atom. The van der Waals surface area contributed by atoms with Crippen LogP contribution in [-0.2, 0) is 11.3 Å². The van der Waals surface area contributed by atoms with Gasteiger partial charge in [0.05, 0.1) is 19.3 Å². The van der Waals surface area contributed by atoms with Crippen LogP contribution in [0.5, 0.6) is 0 Å². The Balaban J connectivity index is 1.92. The van der Waals surface area contributed by atoms with Gasteiger partial charge in [-0.2, -0.15) is 4.98 Å². The lowest BCUT2D eigenvalue weighted by molar-refractivity contribution is -0.0240. The minimum atomic E-state index is 0.293. The van der Waals surface area contributed by atoms with Gasteiger partial charge in [-0.25, -0.2) is 0 Å². The first-order chi connectivity index (χ1) is 7.65. The lowest BCUT2D eigenvalue weighted by Crippen LogP contribution is -2.40. The van der Waals surface area contributed by atoms with Crippen molar-refractivity contribution in [3.63, 3.8) is 0 Å². The first kappa shape index (κ1) is 11.5. The highest BCUT2D eigenvalue weighted by Crippen LogP contribution is 2.12. The van der Waals surface area contributed by atoms with E-state index in [9.17, 15) is 0 Å². The SMILES string of the molecule is CC(C)c1noc(CN2CCO[C@@H](C)C2)n1. The number of nitrogens with zero attached hydrogens (tertiary/aromatic N) is 3. The average molecular weight is 225 g/mol. The van der Waals surface area contributed by atoms with E-state index in [2.05, 4.69) is 35.8 Å². The fourth-order valence-corrected chi connectivity index (χ4v) is 1.79. The van der Waals surface area contributed by atoms with Gasteiger partial charge in [-0.3, -0.25) is 4.90 Å². The Hall–Kier alpha value is -0.940. The Morgan fingerprint density at radius 3 is 2.94 bits per heavy atom. The van der Waals surface area contributed by atoms with Gasteiger partial charge in [0.15, 0.2) is 5.82 Å². The Kier molecular flexibility index (Phi) is 3.56. The van der Waals surface area contributed by atoms with Crippen LogP contribution in [0.4, 0.5) is 0 Å². The second-order valence-corrected chi connectivity index (χ2v) is 4.62. The zero-order chi connectivity index (χ0) is 11.5. The minimum absolute atomic E-state index is 0.293. The molecule has 0 aromatic carbocycles. The molecule has 0 aliphatic carbocycles. The molecular formula is C11H19N3O2. The van der Waals surface area contributed by atoms with E-state index >= 15 is 0 Å². The molecule has 1 atom stereocenters. The molecule has 5 nitrogen and oxygen atoms in total. The molecule has 16 heavy (non-hydrogen) atoms. The third-order valence-corrected chi connectivity index (χ3v) is 2.68. The maximum Gasteiger partial charge on any atom is 0.240 e. The van der Waals surface area contributed by atoms with Gasteiger partial charge in [0.25, 0.3) is 0 Å². The van der Waals surface area contributed by atoms with Crippen LogP contribution in [0.15, 0.2) is 4.52 Å². The van der Waals surface area contributed by atoms with Gasteiger partial charge in [-0.05, 0) is 6.92 Å². The molecule has 0 N–H and O–H groups in total. The summed E-state index contributed by atoms with van der Waals surface area (Å²) in [5, 5.41) is 3.96. The maximum absolute atomic E-state index is 5.48. The number of ether oxygens (including phenoxy) is 1. The van der Waals surface area contributed by atoms with Gasteiger partial charge in [-0.15, -0.1) is 0 Å². The molecule has 1 aliphatic heterocycles. The summed E-state index contributed by atoms with van der Waals surface area (Å²) in [6.45, 7) is 9.58. The first-order valence-corrected chi connectivity index (χ1v) is 5.81. The molecule has 1 aromatic rings. The zero-order valence-corrected chi connectivity index (χ0v) is 10.1. The van der Waals surface area contributed by atoms with Gasteiger partial charge in [0, 0.05) is 19.0 Å². The number of rotatable bonds is 3. The summed E-state index contributed by atoms with van der Waals surface area (Å²) in [6, 6.07) is 0. The molecule has 0 unspecified atom stereocenters. The summed E-state index contributed by atoms with van der Waals surface area (Å²) in [5.74, 6) is 1.82. The predicted octanol–water partition coefficient (Wildman–Crippen LogP) is 1.41. The highest BCUT2D eigenvalue weighted by atomic mass is 16.5. The largest absolute Gasteiger partial charge is 0.376 e. The van der Waals surface area contributed by atoms with Crippen molar-refractivity contribution >= 4 is 0 Å². The molecule has 5 heteroatoms. The van der Waals surface area contributed by atoms with Crippen molar-refractivity contribution in [3.8, 4) is 0 Å². The zero-order valence-electron chi connectivity index (χ0n) is 10.1. The lowest BCUT2D eigenvalue weighted by atomic mass is 10.2. The highest BCUT2D eigenvalue weighted by Gasteiger charge is 2.19. The van der Waals surface area contributed by atoms with Crippen molar-refractivity contribution in [3.05, 3.63) is 11.7 Å². The second-order valence-electron chi connectivity index (χ2n) is 4.62. The molecule has 2 rings (SSSR count). The van der Waals surface area contributed by atoms with Crippen molar-refractivity contribution in [2.45, 2.75) is 39.3 Å². The molecule has 1 aromatic heterocycles. The third kappa shape index (κ3) is 2.80. The predicted molar refractivity (Wildman–Crippen MR) is 59.1 cm³/mol. The van der Waals surface area contributed by atoms with Crippen molar-refractivity contribution in [2.24, 2.45) is 0 Å². The van der Waals surface area contributed by atoms with E-state index < -0.39 is 0 Å². The van der Waals surface area contributed by atoms with Crippen LogP contribution < -0.4 is 0 Å². The molecule has 0 radical (unpaired) electrons. The Morgan fingerprint density at radius 2 is 2.31 bits per heavy atom. The monoisotopic (exact) mass is 225 g/mol. The fraction of sp³-hybridized carbons (Fsp3) is 0.818. The number of hydrogen-bond donors (Lipinski definition) is 0. The molecule has 1 saturated heterocycles. The van der Waals surface area contributed by atoms with Crippen molar-refractivity contribution in [1.82, 2.24) is 15.0 Å². The third-order valence-electron chi connectivity index (χ3n) is 2.68. The molecule has 0 spiro atoms. The normalized spacial score (nSPS) is 22.9. The van der Waals surface area contributed by atoms with E-state index in [1.54, 1.807) is 0 Å². The van der Waals surface area contributed by atoms with Gasteiger partial charge < -0.3 is 9.26 Å². The average Bonchev–Trinajstić information content (AvgIpc) is 2.66. The topological polar surface area (TPSA) is 51.4 Å². The summed E-state index contributed by atoms with van der Waals surface area (Å²) in [6.07, 6.45) is 0.293. The molecule has 0 saturated carbocycles. The van der Waals surface area contributed by atoms with Gasteiger partial charge >= 0.3 is 0 Å². The van der Waals surface area contributed by atoms with Crippen LogP contribution in [0.25, 0.3) is 0 Å². The molecular weight excluding hydrogens is 206 g/mol. The highest BCUT2D eigenvalue weighted by molar-refractivity contribution is 4.91. The van der Waals surface area contributed by atoms with E-state index in [1.807, 2.05) is 0 Å². The van der Waals surface area contributed by atoms with E-state index in [1.165, 1.54) is 0 Å². The van der Waals surface area contributed by atoms with Crippen LogP contribution in [-0.4, -0.2) is 40.8 Å². The second kappa shape index (κ2) is 4.93. The van der Waals surface area contributed by atoms with Crippen molar-refractivity contribution in [2.75, 3.05) is 19.7 Å². The smallest absolute Gasteiger partial charge is 0.240 e. The van der Waals surface area contributed by atoms with Crippen LogP contribution in [0.2, 0.25) is 0 Å². The van der Waals surface area contributed by atoms with E-state index in [4.69, 9.17) is 9.26 Å². The van der Waals surface area contributed by atoms with Gasteiger partial charge in [0.1, 0.15) is 0 Å².